The van der Waals surface area contributed by atoms with Crippen molar-refractivity contribution < 1.29 is 0 Å². The first-order chi connectivity index (χ1) is 15.6. The smallest absolute Gasteiger partial charge is 0.206 e. The van der Waals surface area contributed by atoms with Crippen LogP contribution in [0.25, 0.3) is 11.3 Å². The molecule has 2 aromatic rings. The maximum atomic E-state index is 4.98. The van der Waals surface area contributed by atoms with Gasteiger partial charge in [-0.15, -0.1) is 0 Å². The second-order valence-corrected chi connectivity index (χ2v) is 9.09. The third-order valence-electron chi connectivity index (χ3n) is 7.02. The van der Waals surface area contributed by atoms with Gasteiger partial charge in [-0.05, 0) is 72.9 Å². The van der Waals surface area contributed by atoms with Gasteiger partial charge in [-0.2, -0.15) is 0 Å². The predicted octanol–water partition coefficient (Wildman–Crippen LogP) is 4.94. The largest absolute Gasteiger partial charge is 0.342 e. The molecule has 5 heteroatoms. The van der Waals surface area contributed by atoms with Crippen LogP contribution in [-0.4, -0.2) is 45.9 Å². The zero-order valence-electron chi connectivity index (χ0n) is 18.9. The molecule has 2 aliphatic heterocycles. The first kappa shape index (κ1) is 20.7. The van der Waals surface area contributed by atoms with Crippen LogP contribution < -0.4 is 0 Å². The molecule has 1 atom stereocenters. The van der Waals surface area contributed by atoms with E-state index in [0.717, 1.165) is 42.6 Å². The molecule has 0 saturated carbocycles. The number of likely N-dealkylation sites (tertiary alicyclic amines) is 1. The average molecular weight is 426 g/mol. The van der Waals surface area contributed by atoms with Crippen molar-refractivity contribution in [3.05, 3.63) is 84.1 Å². The van der Waals surface area contributed by atoms with E-state index in [1.165, 1.54) is 54.4 Å². The van der Waals surface area contributed by atoms with E-state index in [2.05, 4.69) is 51.1 Å². The number of aliphatic imine (C=N–C) groups is 1. The number of allylic oxidation sites excluding steroid dienone is 1. The average Bonchev–Trinajstić information content (AvgIpc) is 2.85. The van der Waals surface area contributed by atoms with Crippen molar-refractivity contribution in [3.63, 3.8) is 0 Å². The van der Waals surface area contributed by atoms with Crippen LogP contribution in [0.15, 0.2) is 66.7 Å². The molecule has 1 unspecified atom stereocenters. The number of fused-ring (bicyclic) bond motifs is 1. The molecule has 0 amide bonds. The van der Waals surface area contributed by atoms with E-state index >= 15 is 0 Å². The normalized spacial score (nSPS) is 21.0. The van der Waals surface area contributed by atoms with Crippen molar-refractivity contribution in [3.8, 4) is 0 Å². The number of guanidine groups is 1. The van der Waals surface area contributed by atoms with Gasteiger partial charge in [0, 0.05) is 37.9 Å². The van der Waals surface area contributed by atoms with Gasteiger partial charge in [0.15, 0.2) is 0 Å². The van der Waals surface area contributed by atoms with Crippen molar-refractivity contribution in [2.24, 2.45) is 10.9 Å². The van der Waals surface area contributed by atoms with Crippen LogP contribution in [0.4, 0.5) is 0 Å². The van der Waals surface area contributed by atoms with Crippen molar-refractivity contribution in [2.45, 2.75) is 38.5 Å². The van der Waals surface area contributed by atoms with Crippen LogP contribution in [0.3, 0.4) is 0 Å². The summed E-state index contributed by atoms with van der Waals surface area (Å²) in [6, 6.07) is 8.91. The molecule has 1 aliphatic carbocycles. The minimum atomic E-state index is 0.420. The minimum Gasteiger partial charge on any atom is -0.342 e. The highest BCUT2D eigenvalue weighted by atomic mass is 15.4. The molecular weight excluding hydrogens is 394 g/mol. The second-order valence-electron chi connectivity index (χ2n) is 9.09. The van der Waals surface area contributed by atoms with Gasteiger partial charge >= 0.3 is 0 Å². The van der Waals surface area contributed by atoms with Gasteiger partial charge in [0.05, 0.1) is 11.4 Å². The van der Waals surface area contributed by atoms with Crippen LogP contribution in [-0.2, 0) is 12.8 Å². The second kappa shape index (κ2) is 8.73. The van der Waals surface area contributed by atoms with E-state index in [0.29, 0.717) is 5.92 Å². The summed E-state index contributed by atoms with van der Waals surface area (Å²) in [6.07, 6.45) is 12.6. The van der Waals surface area contributed by atoms with Gasteiger partial charge in [-0.1, -0.05) is 31.4 Å². The number of rotatable bonds is 3. The monoisotopic (exact) mass is 425 g/mol. The zero-order valence-corrected chi connectivity index (χ0v) is 18.9. The SMILES string of the molecule is C=C(c1ccc2c(c1)CCCC2)C1CCCN(C2=NC(c3ccncn3)=CC(=C)N2C)C1. The maximum Gasteiger partial charge on any atom is 0.206 e. The molecule has 5 nitrogen and oxygen atoms in total. The number of aryl methyl sites for hydroxylation is 2. The van der Waals surface area contributed by atoms with E-state index in [1.807, 2.05) is 19.2 Å². The highest BCUT2D eigenvalue weighted by molar-refractivity contribution is 5.91. The lowest BCUT2D eigenvalue weighted by Crippen LogP contribution is -2.47. The number of nitrogens with zero attached hydrogens (tertiary/aromatic N) is 5. The maximum absolute atomic E-state index is 4.98. The van der Waals surface area contributed by atoms with Gasteiger partial charge in [0.2, 0.25) is 5.96 Å². The molecule has 0 bridgehead atoms. The summed E-state index contributed by atoms with van der Waals surface area (Å²) in [5.41, 5.74) is 8.18. The van der Waals surface area contributed by atoms with E-state index in [4.69, 9.17) is 4.99 Å². The van der Waals surface area contributed by atoms with Crippen molar-refractivity contribution in [1.82, 2.24) is 19.8 Å². The molecule has 3 aliphatic rings. The lowest BCUT2D eigenvalue weighted by molar-refractivity contribution is 0.275. The van der Waals surface area contributed by atoms with Crippen LogP contribution in [0.5, 0.6) is 0 Å². The lowest BCUT2D eigenvalue weighted by atomic mass is 9.84. The lowest BCUT2D eigenvalue weighted by Gasteiger charge is -2.40. The van der Waals surface area contributed by atoms with E-state index in [-0.39, 0.29) is 0 Å². The Morgan fingerprint density at radius 2 is 1.94 bits per heavy atom. The Morgan fingerprint density at radius 1 is 1.09 bits per heavy atom. The molecule has 0 N–H and O–H groups in total. The fourth-order valence-electron chi connectivity index (χ4n) is 5.07. The molecule has 1 aromatic carbocycles. The molecule has 0 radical (unpaired) electrons. The summed E-state index contributed by atoms with van der Waals surface area (Å²) in [4.78, 5) is 17.9. The Labute approximate surface area is 190 Å². The van der Waals surface area contributed by atoms with Gasteiger partial charge in [0.25, 0.3) is 0 Å². The third kappa shape index (κ3) is 3.99. The number of hydrogen-bond acceptors (Lipinski definition) is 5. The number of likely N-dealkylation sites (N-methyl/N-ethyl adjacent to an activating group) is 1. The zero-order chi connectivity index (χ0) is 22.1. The summed E-state index contributed by atoms with van der Waals surface area (Å²) < 4.78 is 0. The first-order valence-corrected chi connectivity index (χ1v) is 11.7. The molecular formula is C27H31N5. The van der Waals surface area contributed by atoms with Crippen LogP contribution >= 0.6 is 0 Å². The number of aromatic nitrogens is 2. The Hall–Kier alpha value is -3.21. The standard InChI is InChI=1S/C27H31N5/c1-19-15-26(25-12-13-28-18-29-25)30-27(31(19)3)32-14-6-9-24(17-32)20(2)22-11-10-21-7-4-5-8-23(21)16-22/h10-13,15-16,18,24H,1-2,4-9,14,17H2,3H3. The van der Waals surface area contributed by atoms with Crippen LogP contribution in [0, 0.1) is 5.92 Å². The predicted molar refractivity (Wildman–Crippen MR) is 131 cm³/mol. The highest BCUT2D eigenvalue weighted by Crippen LogP contribution is 2.33. The summed E-state index contributed by atoms with van der Waals surface area (Å²) >= 11 is 0. The molecule has 32 heavy (non-hydrogen) atoms. The first-order valence-electron chi connectivity index (χ1n) is 11.7. The van der Waals surface area contributed by atoms with Crippen molar-refractivity contribution in [1.29, 1.82) is 0 Å². The minimum absolute atomic E-state index is 0.420. The Bertz CT molecular complexity index is 1100. The molecule has 5 rings (SSSR count). The van der Waals surface area contributed by atoms with Crippen molar-refractivity contribution in [2.75, 3.05) is 20.1 Å². The Morgan fingerprint density at radius 3 is 2.75 bits per heavy atom. The van der Waals surface area contributed by atoms with E-state index in [1.54, 1.807) is 12.5 Å². The highest BCUT2D eigenvalue weighted by Gasteiger charge is 2.29. The fourth-order valence-corrected chi connectivity index (χ4v) is 5.07. The molecule has 1 fully saturated rings. The quantitative estimate of drug-likeness (QED) is 0.699. The third-order valence-corrected chi connectivity index (χ3v) is 7.02. The molecule has 3 heterocycles. The Kier molecular flexibility index (Phi) is 5.64. The van der Waals surface area contributed by atoms with Crippen molar-refractivity contribution >= 4 is 17.2 Å². The summed E-state index contributed by atoms with van der Waals surface area (Å²) in [7, 11) is 2.04. The van der Waals surface area contributed by atoms with Crippen LogP contribution in [0.2, 0.25) is 0 Å². The van der Waals surface area contributed by atoms with Gasteiger partial charge in [-0.3, -0.25) is 0 Å². The summed E-state index contributed by atoms with van der Waals surface area (Å²) in [6.45, 7) is 10.7. The topological polar surface area (TPSA) is 44.6 Å². The fraction of sp³-hybridized carbons (Fsp3) is 0.370. The summed E-state index contributed by atoms with van der Waals surface area (Å²) in [5.74, 6) is 1.36. The van der Waals surface area contributed by atoms with Gasteiger partial charge < -0.3 is 9.80 Å². The summed E-state index contributed by atoms with van der Waals surface area (Å²) in [5, 5.41) is 0. The van der Waals surface area contributed by atoms with Gasteiger partial charge in [0.1, 0.15) is 6.33 Å². The Balaban J connectivity index is 1.37. The molecule has 1 saturated heterocycles. The molecule has 1 aromatic heterocycles. The van der Waals surface area contributed by atoms with E-state index in [9.17, 15) is 0 Å². The molecule has 0 spiro atoms. The molecule has 164 valence electrons. The van der Waals surface area contributed by atoms with E-state index < -0.39 is 0 Å². The number of benzene rings is 1. The van der Waals surface area contributed by atoms with Crippen LogP contribution in [0.1, 0.15) is 48.1 Å². The van der Waals surface area contributed by atoms with Gasteiger partial charge in [-0.25, -0.2) is 15.0 Å². The number of piperidine rings is 1. The number of hydrogen-bond donors (Lipinski definition) is 0.